The molecular weight excluding hydrogens is 242 g/mol. The van der Waals surface area contributed by atoms with Gasteiger partial charge in [0.1, 0.15) is 10.0 Å². The van der Waals surface area contributed by atoms with Crippen LogP contribution in [0.1, 0.15) is 15.9 Å². The maximum Gasteiger partial charge on any atom is 0.198 e. The van der Waals surface area contributed by atoms with E-state index in [1.54, 1.807) is 24.3 Å². The van der Waals surface area contributed by atoms with Gasteiger partial charge in [0.15, 0.2) is 5.78 Å². The summed E-state index contributed by atoms with van der Waals surface area (Å²) >= 11 is 2.14. The molecule has 1 aromatic heterocycles. The van der Waals surface area contributed by atoms with E-state index in [0.717, 1.165) is 23.5 Å². The van der Waals surface area contributed by atoms with Crippen LogP contribution in [0.5, 0.6) is 0 Å². The predicted molar refractivity (Wildman–Crippen MR) is 66.4 cm³/mol. The Morgan fingerprint density at radius 3 is 2.62 bits per heavy atom. The molecule has 0 saturated carbocycles. The monoisotopic (exact) mass is 251 g/mol. The molecule has 1 aromatic carbocycles. The number of ketones is 1. The number of anilines is 1. The van der Waals surface area contributed by atoms with Crippen LogP contribution >= 0.6 is 23.5 Å². The van der Waals surface area contributed by atoms with Gasteiger partial charge in [-0.15, -0.1) is 0 Å². The van der Waals surface area contributed by atoms with Crippen LogP contribution in [0.2, 0.25) is 0 Å². The number of carbonyl (C=O) groups is 1. The van der Waals surface area contributed by atoms with E-state index >= 15 is 0 Å². The Hall–Kier alpha value is -1.37. The Morgan fingerprint density at radius 1 is 1.31 bits per heavy atom. The molecule has 0 aliphatic carbocycles. The van der Waals surface area contributed by atoms with Gasteiger partial charge in [-0.3, -0.25) is 9.93 Å². The Bertz CT molecular complexity index is 510. The topological polar surface area (TPSA) is 82.0 Å². The Balaban J connectivity index is 2.45. The molecule has 0 amide bonds. The van der Waals surface area contributed by atoms with E-state index in [9.17, 15) is 4.79 Å². The maximum atomic E-state index is 12.1. The molecule has 4 nitrogen and oxygen atoms in total. The highest BCUT2D eigenvalue weighted by Crippen LogP contribution is 2.29. The van der Waals surface area contributed by atoms with Gasteiger partial charge in [-0.2, -0.15) is 4.37 Å². The minimum atomic E-state index is -0.139. The Kier molecular flexibility index (Phi) is 3.23. The molecule has 4 N–H and O–H groups in total. The van der Waals surface area contributed by atoms with Crippen LogP contribution in [0.25, 0.3) is 0 Å². The van der Waals surface area contributed by atoms with Crippen LogP contribution in [0.3, 0.4) is 0 Å². The average Bonchev–Trinajstić information content (AvgIpc) is 2.70. The normalized spacial score (nSPS) is 10.3. The summed E-state index contributed by atoms with van der Waals surface area (Å²) in [5, 5.41) is 5.46. The van der Waals surface area contributed by atoms with E-state index in [2.05, 4.69) is 4.37 Å². The van der Waals surface area contributed by atoms with Gasteiger partial charge >= 0.3 is 0 Å². The molecule has 82 valence electrons. The second kappa shape index (κ2) is 4.65. The van der Waals surface area contributed by atoms with Crippen LogP contribution in [-0.4, -0.2) is 10.2 Å². The van der Waals surface area contributed by atoms with Gasteiger partial charge in [-0.25, -0.2) is 0 Å². The third kappa shape index (κ3) is 1.95. The van der Waals surface area contributed by atoms with Crippen LogP contribution in [0.15, 0.2) is 34.5 Å². The molecule has 0 saturated heterocycles. The van der Waals surface area contributed by atoms with Crippen molar-refractivity contribution in [3.05, 3.63) is 41.5 Å². The molecule has 0 aliphatic heterocycles. The van der Waals surface area contributed by atoms with Gasteiger partial charge in [0.2, 0.25) is 0 Å². The van der Waals surface area contributed by atoms with Crippen molar-refractivity contribution in [2.75, 3.05) is 5.73 Å². The molecule has 16 heavy (non-hydrogen) atoms. The summed E-state index contributed by atoms with van der Waals surface area (Å²) in [6, 6.07) is 8.94. The third-order valence-electron chi connectivity index (χ3n) is 2.06. The van der Waals surface area contributed by atoms with E-state index in [1.807, 2.05) is 6.07 Å². The average molecular weight is 251 g/mol. The fourth-order valence-electron chi connectivity index (χ4n) is 1.31. The molecule has 2 rings (SSSR count). The predicted octanol–water partition coefficient (Wildman–Crippen LogP) is 1.92. The Morgan fingerprint density at radius 2 is 2.00 bits per heavy atom. The van der Waals surface area contributed by atoms with E-state index in [-0.39, 0.29) is 11.6 Å². The zero-order chi connectivity index (χ0) is 11.5. The van der Waals surface area contributed by atoms with Gasteiger partial charge in [0, 0.05) is 5.56 Å². The lowest BCUT2D eigenvalue weighted by Gasteiger charge is -2.00. The van der Waals surface area contributed by atoms with Gasteiger partial charge in [-0.1, -0.05) is 30.3 Å². The number of hydrogen-bond acceptors (Lipinski definition) is 6. The van der Waals surface area contributed by atoms with E-state index in [4.69, 9.17) is 10.9 Å². The van der Waals surface area contributed by atoms with Crippen molar-refractivity contribution >= 4 is 35.1 Å². The van der Waals surface area contributed by atoms with Crippen LogP contribution in [0, 0.1) is 0 Å². The molecule has 0 radical (unpaired) electrons. The minimum absolute atomic E-state index is 0.139. The fraction of sp³-hybridized carbons (Fsp3) is 0. The summed E-state index contributed by atoms with van der Waals surface area (Å²) in [5.74, 6) is 0.103. The first-order valence-electron chi connectivity index (χ1n) is 4.45. The quantitative estimate of drug-likeness (QED) is 0.643. The van der Waals surface area contributed by atoms with Crippen LogP contribution in [-0.2, 0) is 0 Å². The smallest absolute Gasteiger partial charge is 0.198 e. The molecule has 0 spiro atoms. The van der Waals surface area contributed by atoms with Crippen molar-refractivity contribution in [2.45, 2.75) is 4.21 Å². The number of hydrogen-bond donors (Lipinski definition) is 2. The standard InChI is InChI=1S/C10H9N3OS2/c11-9-7(10(15-12)16-13-9)8(14)6-4-2-1-3-5-6/h1-5H,12H2,(H2,11,13). The van der Waals surface area contributed by atoms with Gasteiger partial charge in [-0.05, 0) is 23.5 Å². The molecule has 6 heteroatoms. The number of rotatable bonds is 3. The van der Waals surface area contributed by atoms with Gasteiger partial charge in [0.05, 0.1) is 5.56 Å². The fourth-order valence-corrected chi connectivity index (χ4v) is 2.47. The van der Waals surface area contributed by atoms with E-state index in [1.165, 1.54) is 0 Å². The van der Waals surface area contributed by atoms with Crippen molar-refractivity contribution in [3.8, 4) is 0 Å². The lowest BCUT2D eigenvalue weighted by atomic mass is 10.1. The summed E-state index contributed by atoms with van der Waals surface area (Å²) in [6.45, 7) is 0. The zero-order valence-corrected chi connectivity index (χ0v) is 9.85. The lowest BCUT2D eigenvalue weighted by Crippen LogP contribution is -2.05. The Labute approximate surface area is 101 Å². The number of nitrogens with zero attached hydrogens (tertiary/aromatic N) is 1. The molecule has 0 bridgehead atoms. The SMILES string of the molecule is NSc1snc(N)c1C(=O)c1ccccc1. The molecule has 2 aromatic rings. The van der Waals surface area contributed by atoms with E-state index in [0.29, 0.717) is 15.3 Å². The second-order valence-electron chi connectivity index (χ2n) is 3.04. The summed E-state index contributed by atoms with van der Waals surface area (Å²) < 4.78 is 4.58. The lowest BCUT2D eigenvalue weighted by molar-refractivity contribution is 0.103. The summed E-state index contributed by atoms with van der Waals surface area (Å²) in [4.78, 5) is 12.1. The van der Waals surface area contributed by atoms with Crippen molar-refractivity contribution in [1.82, 2.24) is 4.37 Å². The number of aromatic nitrogens is 1. The summed E-state index contributed by atoms with van der Waals surface area (Å²) in [6.07, 6.45) is 0. The second-order valence-corrected chi connectivity index (χ2v) is 4.72. The van der Waals surface area contributed by atoms with Crippen LogP contribution < -0.4 is 10.9 Å². The first-order valence-corrected chi connectivity index (χ1v) is 6.11. The van der Waals surface area contributed by atoms with E-state index < -0.39 is 0 Å². The van der Waals surface area contributed by atoms with Crippen molar-refractivity contribution < 1.29 is 4.79 Å². The maximum absolute atomic E-state index is 12.1. The van der Waals surface area contributed by atoms with Crippen LogP contribution in [0.4, 0.5) is 5.82 Å². The molecule has 0 unspecified atom stereocenters. The zero-order valence-electron chi connectivity index (χ0n) is 8.21. The molecule has 1 heterocycles. The number of nitrogens with two attached hydrogens (primary N) is 2. The largest absolute Gasteiger partial charge is 0.382 e. The highest BCUT2D eigenvalue weighted by Gasteiger charge is 2.20. The van der Waals surface area contributed by atoms with Gasteiger partial charge in [0.25, 0.3) is 0 Å². The molecule has 0 fully saturated rings. The van der Waals surface area contributed by atoms with Crippen molar-refractivity contribution in [2.24, 2.45) is 5.14 Å². The first kappa shape index (κ1) is 11.1. The number of carbonyl (C=O) groups excluding carboxylic acids is 1. The summed E-state index contributed by atoms with van der Waals surface area (Å²) in [5.41, 5.74) is 6.66. The molecule has 0 aliphatic rings. The molecular formula is C10H9N3OS2. The third-order valence-corrected chi connectivity index (χ3v) is 3.65. The van der Waals surface area contributed by atoms with Crippen molar-refractivity contribution in [1.29, 1.82) is 0 Å². The highest BCUT2D eigenvalue weighted by molar-refractivity contribution is 7.99. The number of nitrogen functional groups attached to an aromatic ring is 1. The van der Waals surface area contributed by atoms with Gasteiger partial charge < -0.3 is 5.73 Å². The highest BCUT2D eigenvalue weighted by atomic mass is 32.2. The van der Waals surface area contributed by atoms with Crippen molar-refractivity contribution in [3.63, 3.8) is 0 Å². The molecule has 0 atom stereocenters. The minimum Gasteiger partial charge on any atom is -0.382 e. The first-order chi connectivity index (χ1) is 7.74. The summed E-state index contributed by atoms with van der Waals surface area (Å²) in [7, 11) is 0. The number of benzene rings is 1.